The third kappa shape index (κ3) is 2.81. The molecular weight excluding hydrogens is 314 g/mol. The number of benzene rings is 1. The molecule has 25 heavy (non-hydrogen) atoms. The number of hydrogen-bond acceptors (Lipinski definition) is 4. The van der Waals surface area contributed by atoms with Crippen molar-refractivity contribution in [3.05, 3.63) is 42.1 Å². The summed E-state index contributed by atoms with van der Waals surface area (Å²) in [7, 11) is 1.80. The minimum Gasteiger partial charge on any atom is -0.381 e. The molecule has 4 rings (SSSR count). The van der Waals surface area contributed by atoms with E-state index in [2.05, 4.69) is 21.7 Å². The van der Waals surface area contributed by atoms with E-state index in [0.717, 1.165) is 49.1 Å². The zero-order chi connectivity index (χ0) is 17.4. The third-order valence-corrected chi connectivity index (χ3v) is 5.83. The largest absolute Gasteiger partial charge is 0.381 e. The summed E-state index contributed by atoms with van der Waals surface area (Å²) in [4.78, 5) is 22.3. The minimum absolute atomic E-state index is 0.126. The second kappa shape index (κ2) is 6.73. The standard InChI is InChI=1S/C20H25N3O2/c1-3-22-12-16-18(13-22)23(11-9-19(16)25-2)20(24)15-8-10-21-17-7-5-4-6-14(15)17/h4-8,10,16,18-19H,3,9,11-13H2,1-2H3/t16-,18+,19-/m1/s1. The molecule has 3 heterocycles. The monoisotopic (exact) mass is 339 g/mol. The van der Waals surface area contributed by atoms with Crippen molar-refractivity contribution in [1.29, 1.82) is 0 Å². The van der Waals surface area contributed by atoms with Crippen LogP contribution in [-0.4, -0.2) is 66.1 Å². The Bertz CT molecular complexity index is 773. The van der Waals surface area contributed by atoms with Gasteiger partial charge in [-0.1, -0.05) is 25.1 Å². The van der Waals surface area contributed by atoms with E-state index in [1.54, 1.807) is 13.3 Å². The summed E-state index contributed by atoms with van der Waals surface area (Å²) in [5.74, 6) is 0.525. The minimum atomic E-state index is 0.126. The van der Waals surface area contributed by atoms with Gasteiger partial charge >= 0.3 is 0 Å². The topological polar surface area (TPSA) is 45.7 Å². The zero-order valence-electron chi connectivity index (χ0n) is 14.9. The number of carbonyl (C=O) groups excluding carboxylic acids is 1. The van der Waals surface area contributed by atoms with Gasteiger partial charge in [0, 0.05) is 44.2 Å². The molecule has 5 heteroatoms. The molecular formula is C20H25N3O2. The fourth-order valence-electron chi connectivity index (χ4n) is 4.48. The summed E-state index contributed by atoms with van der Waals surface area (Å²) in [6.45, 7) is 5.91. The number of likely N-dealkylation sites (N-methyl/N-ethyl adjacent to an activating group) is 1. The Kier molecular flexibility index (Phi) is 4.44. The van der Waals surface area contributed by atoms with E-state index in [-0.39, 0.29) is 18.1 Å². The average Bonchev–Trinajstić information content (AvgIpc) is 3.10. The highest BCUT2D eigenvalue weighted by Crippen LogP contribution is 2.34. The van der Waals surface area contributed by atoms with Crippen molar-refractivity contribution >= 4 is 16.8 Å². The summed E-state index contributed by atoms with van der Waals surface area (Å²) in [5, 5.41) is 0.936. The van der Waals surface area contributed by atoms with Crippen molar-refractivity contribution in [2.24, 2.45) is 5.92 Å². The van der Waals surface area contributed by atoms with E-state index >= 15 is 0 Å². The number of para-hydroxylation sites is 1. The summed E-state index contributed by atoms with van der Waals surface area (Å²) in [6, 6.07) is 9.96. The second-order valence-corrected chi connectivity index (χ2v) is 7.02. The van der Waals surface area contributed by atoms with Crippen molar-refractivity contribution < 1.29 is 9.53 Å². The zero-order valence-corrected chi connectivity index (χ0v) is 14.9. The maximum absolute atomic E-state index is 13.4. The number of amides is 1. The summed E-state index contributed by atoms with van der Waals surface area (Å²) < 4.78 is 5.73. The van der Waals surface area contributed by atoms with E-state index in [9.17, 15) is 4.79 Å². The molecule has 2 aliphatic heterocycles. The first-order valence-corrected chi connectivity index (χ1v) is 9.12. The fourth-order valence-corrected chi connectivity index (χ4v) is 4.48. The van der Waals surface area contributed by atoms with Gasteiger partial charge in [0.15, 0.2) is 0 Å². The van der Waals surface area contributed by atoms with Gasteiger partial charge in [0.2, 0.25) is 0 Å². The van der Waals surface area contributed by atoms with Gasteiger partial charge in [-0.15, -0.1) is 0 Å². The highest BCUT2D eigenvalue weighted by molar-refractivity contribution is 6.06. The molecule has 0 radical (unpaired) electrons. The van der Waals surface area contributed by atoms with Crippen molar-refractivity contribution in [2.45, 2.75) is 25.5 Å². The lowest BCUT2D eigenvalue weighted by molar-refractivity contribution is -0.0155. The Hall–Kier alpha value is -1.98. The number of likely N-dealkylation sites (tertiary alicyclic amines) is 2. The van der Waals surface area contributed by atoms with E-state index in [1.807, 2.05) is 30.3 Å². The van der Waals surface area contributed by atoms with E-state index in [4.69, 9.17) is 4.74 Å². The van der Waals surface area contributed by atoms with Crippen LogP contribution >= 0.6 is 0 Å². The Morgan fingerprint density at radius 1 is 1.28 bits per heavy atom. The molecule has 2 aromatic rings. The maximum atomic E-state index is 13.4. The number of methoxy groups -OCH3 is 1. The Morgan fingerprint density at radius 3 is 2.92 bits per heavy atom. The highest BCUT2D eigenvalue weighted by Gasteiger charge is 2.45. The molecule has 0 bridgehead atoms. The number of rotatable bonds is 3. The number of ether oxygens (including phenoxy) is 1. The van der Waals surface area contributed by atoms with Gasteiger partial charge in [-0.25, -0.2) is 0 Å². The Labute approximate surface area is 148 Å². The van der Waals surface area contributed by atoms with Gasteiger partial charge in [-0.3, -0.25) is 9.78 Å². The van der Waals surface area contributed by atoms with Crippen molar-refractivity contribution in [1.82, 2.24) is 14.8 Å². The maximum Gasteiger partial charge on any atom is 0.254 e. The number of pyridine rings is 1. The number of nitrogens with zero attached hydrogens (tertiary/aromatic N) is 3. The van der Waals surface area contributed by atoms with Crippen LogP contribution in [0.5, 0.6) is 0 Å². The Morgan fingerprint density at radius 2 is 2.12 bits per heavy atom. The van der Waals surface area contributed by atoms with Gasteiger partial charge < -0.3 is 14.5 Å². The van der Waals surface area contributed by atoms with Crippen LogP contribution in [0.25, 0.3) is 10.9 Å². The lowest BCUT2D eigenvalue weighted by atomic mass is 9.88. The molecule has 1 aromatic heterocycles. The quantitative estimate of drug-likeness (QED) is 0.861. The van der Waals surface area contributed by atoms with Crippen LogP contribution in [0, 0.1) is 5.92 Å². The lowest BCUT2D eigenvalue weighted by Gasteiger charge is -2.41. The summed E-state index contributed by atoms with van der Waals surface area (Å²) >= 11 is 0. The van der Waals surface area contributed by atoms with Crippen molar-refractivity contribution in [3.63, 3.8) is 0 Å². The van der Waals surface area contributed by atoms with Gasteiger partial charge in [-0.2, -0.15) is 0 Å². The van der Waals surface area contributed by atoms with E-state index < -0.39 is 0 Å². The van der Waals surface area contributed by atoms with Crippen LogP contribution in [-0.2, 0) is 4.74 Å². The number of hydrogen-bond donors (Lipinski definition) is 0. The number of piperidine rings is 1. The van der Waals surface area contributed by atoms with E-state index in [0.29, 0.717) is 5.92 Å². The first-order chi connectivity index (χ1) is 12.2. The fraction of sp³-hybridized carbons (Fsp3) is 0.500. The van der Waals surface area contributed by atoms with Crippen LogP contribution in [0.3, 0.4) is 0 Å². The molecule has 1 aromatic carbocycles. The van der Waals surface area contributed by atoms with Crippen LogP contribution in [0.2, 0.25) is 0 Å². The average molecular weight is 339 g/mol. The van der Waals surface area contributed by atoms with Gasteiger partial charge in [0.1, 0.15) is 0 Å². The molecule has 2 fully saturated rings. The molecule has 132 valence electrons. The lowest BCUT2D eigenvalue weighted by Crippen LogP contribution is -2.53. The number of aromatic nitrogens is 1. The van der Waals surface area contributed by atoms with Crippen molar-refractivity contribution in [3.8, 4) is 0 Å². The van der Waals surface area contributed by atoms with Crippen LogP contribution < -0.4 is 0 Å². The van der Waals surface area contributed by atoms with Crippen LogP contribution in [0.15, 0.2) is 36.5 Å². The normalized spacial score (nSPS) is 26.8. The molecule has 0 N–H and O–H groups in total. The molecule has 0 spiro atoms. The molecule has 0 unspecified atom stereocenters. The molecule has 2 aliphatic rings. The summed E-state index contributed by atoms with van der Waals surface area (Å²) in [5.41, 5.74) is 1.63. The SMILES string of the molecule is CCN1C[C@H]2[C@H](OC)CCN(C(=O)c3ccnc4ccccc34)[C@H]2C1. The number of carbonyl (C=O) groups is 1. The van der Waals surface area contributed by atoms with Gasteiger partial charge in [0.25, 0.3) is 5.91 Å². The van der Waals surface area contributed by atoms with E-state index in [1.165, 1.54) is 0 Å². The predicted octanol–water partition coefficient (Wildman–Crippen LogP) is 2.42. The van der Waals surface area contributed by atoms with Crippen molar-refractivity contribution in [2.75, 3.05) is 33.3 Å². The predicted molar refractivity (Wildman–Crippen MR) is 97.6 cm³/mol. The van der Waals surface area contributed by atoms with Gasteiger partial charge in [0.05, 0.1) is 23.2 Å². The number of fused-ring (bicyclic) bond motifs is 2. The first-order valence-electron chi connectivity index (χ1n) is 9.12. The highest BCUT2D eigenvalue weighted by atomic mass is 16.5. The molecule has 3 atom stereocenters. The first kappa shape index (κ1) is 16.5. The van der Waals surface area contributed by atoms with Gasteiger partial charge in [-0.05, 0) is 25.1 Å². The second-order valence-electron chi connectivity index (χ2n) is 7.02. The molecule has 0 saturated carbocycles. The smallest absolute Gasteiger partial charge is 0.254 e. The molecule has 1 amide bonds. The Balaban J connectivity index is 1.67. The van der Waals surface area contributed by atoms with Crippen LogP contribution in [0.1, 0.15) is 23.7 Å². The van der Waals surface area contributed by atoms with Crippen LogP contribution in [0.4, 0.5) is 0 Å². The summed E-state index contributed by atoms with van der Waals surface area (Å²) in [6.07, 6.45) is 2.89. The molecule has 5 nitrogen and oxygen atoms in total. The molecule has 2 saturated heterocycles. The molecule has 0 aliphatic carbocycles. The third-order valence-electron chi connectivity index (χ3n) is 5.83.